The summed E-state index contributed by atoms with van der Waals surface area (Å²) in [7, 11) is -3.88. The molecule has 0 aromatic heterocycles. The summed E-state index contributed by atoms with van der Waals surface area (Å²) in [6.07, 6.45) is 3.19. The Morgan fingerprint density at radius 3 is 2.58 bits per heavy atom. The molecule has 3 atom stereocenters. The molecule has 1 N–H and O–H groups in total. The van der Waals surface area contributed by atoms with Crippen LogP contribution in [0.4, 0.5) is 0 Å². The topological polar surface area (TPSA) is 102 Å². The second-order valence-electron chi connectivity index (χ2n) is 8.09. The summed E-state index contributed by atoms with van der Waals surface area (Å²) in [6, 6.07) is 4.00. The van der Waals surface area contributed by atoms with E-state index in [2.05, 4.69) is 12.2 Å². The van der Waals surface area contributed by atoms with Crippen molar-refractivity contribution in [2.45, 2.75) is 56.6 Å². The molecule has 3 rings (SSSR count). The van der Waals surface area contributed by atoms with Gasteiger partial charge in [0.1, 0.15) is 4.90 Å². The van der Waals surface area contributed by atoms with Crippen LogP contribution in [0.15, 0.2) is 23.1 Å². The number of ether oxygens (including phenoxy) is 2. The lowest BCUT2D eigenvalue weighted by Gasteiger charge is -2.30. The Morgan fingerprint density at radius 2 is 1.90 bits per heavy atom. The monoisotopic (exact) mass is 472 g/mol. The molecule has 0 spiro atoms. The highest BCUT2D eigenvalue weighted by Crippen LogP contribution is 2.27. The van der Waals surface area contributed by atoms with Crippen molar-refractivity contribution in [3.8, 4) is 0 Å². The summed E-state index contributed by atoms with van der Waals surface area (Å²) < 4.78 is 37.6. The number of morpholine rings is 1. The third-order valence-corrected chi connectivity index (χ3v) is 8.23. The van der Waals surface area contributed by atoms with Crippen LogP contribution in [-0.4, -0.2) is 63.0 Å². The molecule has 1 aliphatic heterocycles. The van der Waals surface area contributed by atoms with E-state index in [0.717, 1.165) is 25.7 Å². The number of halogens is 1. The first-order chi connectivity index (χ1) is 14.7. The molecule has 1 aromatic rings. The van der Waals surface area contributed by atoms with Crippen molar-refractivity contribution in [1.29, 1.82) is 0 Å². The first-order valence-corrected chi connectivity index (χ1v) is 12.4. The van der Waals surface area contributed by atoms with E-state index in [0.29, 0.717) is 19.1 Å². The highest BCUT2D eigenvalue weighted by atomic mass is 35.5. The summed E-state index contributed by atoms with van der Waals surface area (Å²) >= 11 is 6.13. The van der Waals surface area contributed by atoms with Crippen LogP contribution in [0.2, 0.25) is 5.02 Å². The van der Waals surface area contributed by atoms with Crippen molar-refractivity contribution in [3.63, 3.8) is 0 Å². The van der Waals surface area contributed by atoms with Crippen molar-refractivity contribution < 1.29 is 27.5 Å². The number of nitrogens with zero attached hydrogens (tertiary/aromatic N) is 1. The number of nitrogens with one attached hydrogen (secondary N) is 1. The zero-order valence-electron chi connectivity index (χ0n) is 17.8. The molecule has 1 saturated carbocycles. The predicted octanol–water partition coefficient (Wildman–Crippen LogP) is 2.60. The minimum Gasteiger partial charge on any atom is -0.449 e. The van der Waals surface area contributed by atoms with Crippen molar-refractivity contribution >= 4 is 33.5 Å². The fourth-order valence-electron chi connectivity index (χ4n) is 3.87. The van der Waals surface area contributed by atoms with Crippen LogP contribution in [0.5, 0.6) is 0 Å². The molecular formula is C21H29ClN2O6S. The molecule has 1 saturated heterocycles. The molecule has 10 heteroatoms. The Morgan fingerprint density at radius 1 is 1.23 bits per heavy atom. The number of carbonyl (C=O) groups is 2. The lowest BCUT2D eigenvalue weighted by atomic mass is 9.86. The summed E-state index contributed by atoms with van der Waals surface area (Å²) in [5, 5.41) is 2.98. The van der Waals surface area contributed by atoms with E-state index >= 15 is 0 Å². The number of benzene rings is 1. The van der Waals surface area contributed by atoms with Gasteiger partial charge in [-0.2, -0.15) is 4.31 Å². The van der Waals surface area contributed by atoms with E-state index in [1.807, 2.05) is 0 Å². The van der Waals surface area contributed by atoms with Crippen LogP contribution in [0, 0.1) is 5.92 Å². The third-order valence-electron chi connectivity index (χ3n) is 5.85. The largest absolute Gasteiger partial charge is 0.449 e. The van der Waals surface area contributed by atoms with Gasteiger partial charge < -0.3 is 14.8 Å². The Balaban J connectivity index is 1.68. The average molecular weight is 473 g/mol. The molecule has 2 fully saturated rings. The van der Waals surface area contributed by atoms with Gasteiger partial charge in [0.25, 0.3) is 5.91 Å². The summed E-state index contributed by atoms with van der Waals surface area (Å²) in [4.78, 5) is 24.9. The van der Waals surface area contributed by atoms with E-state index in [1.165, 1.54) is 29.4 Å². The van der Waals surface area contributed by atoms with E-state index < -0.39 is 22.1 Å². The van der Waals surface area contributed by atoms with Crippen molar-refractivity contribution in [2.24, 2.45) is 5.92 Å². The first-order valence-electron chi connectivity index (χ1n) is 10.6. The minimum absolute atomic E-state index is 0.0140. The van der Waals surface area contributed by atoms with Gasteiger partial charge in [-0.25, -0.2) is 13.2 Å². The molecule has 1 heterocycles. The Bertz CT molecular complexity index is 916. The number of carbonyl (C=O) groups excluding carboxylic acids is 2. The summed E-state index contributed by atoms with van der Waals surface area (Å²) in [5.41, 5.74) is 0.0157. The number of hydrogen-bond donors (Lipinski definition) is 1. The highest BCUT2D eigenvalue weighted by molar-refractivity contribution is 7.89. The maximum atomic E-state index is 12.9. The summed E-state index contributed by atoms with van der Waals surface area (Å²) in [5.74, 6) is -0.763. The molecule has 1 amide bonds. The molecule has 1 aliphatic carbocycles. The zero-order valence-corrected chi connectivity index (χ0v) is 19.4. The lowest BCUT2D eigenvalue weighted by molar-refractivity contribution is -0.130. The van der Waals surface area contributed by atoms with Crippen LogP contribution in [0.1, 0.15) is 49.9 Å². The first kappa shape index (κ1) is 24.0. The normalized spacial score (nSPS) is 23.7. The number of hydrogen-bond acceptors (Lipinski definition) is 6. The highest BCUT2D eigenvalue weighted by Gasteiger charge is 2.30. The molecule has 31 heavy (non-hydrogen) atoms. The standard InChI is InChI=1S/C21H29ClN2O6S/c1-14-5-3-4-6-18(14)23-20(25)15(2)30-21(26)16-7-8-17(22)19(13-16)31(27,28)24-9-11-29-12-10-24/h7-8,13-15,18H,3-6,9-12H2,1-2H3,(H,23,25)/t14-,15-,18+/m1/s1. The van der Waals surface area contributed by atoms with Gasteiger partial charge in [-0.1, -0.05) is 31.4 Å². The van der Waals surface area contributed by atoms with Crippen LogP contribution in [0.3, 0.4) is 0 Å². The molecule has 0 radical (unpaired) electrons. The maximum absolute atomic E-state index is 12.9. The molecule has 1 aromatic carbocycles. The van der Waals surface area contributed by atoms with Crippen molar-refractivity contribution in [1.82, 2.24) is 9.62 Å². The molecule has 0 unspecified atom stereocenters. The van der Waals surface area contributed by atoms with E-state index in [9.17, 15) is 18.0 Å². The molecule has 8 nitrogen and oxygen atoms in total. The average Bonchev–Trinajstić information content (AvgIpc) is 2.76. The van der Waals surface area contributed by atoms with Gasteiger partial charge in [0.05, 0.1) is 23.8 Å². The molecule has 172 valence electrons. The molecule has 2 aliphatic rings. The van der Waals surface area contributed by atoms with Gasteiger partial charge in [-0.15, -0.1) is 0 Å². The fraction of sp³-hybridized carbons (Fsp3) is 0.619. The number of amides is 1. The minimum atomic E-state index is -3.88. The van der Waals surface area contributed by atoms with Crippen LogP contribution in [-0.2, 0) is 24.3 Å². The Kier molecular flexibility index (Phi) is 7.96. The van der Waals surface area contributed by atoms with Gasteiger partial charge in [0.2, 0.25) is 10.0 Å². The molecule has 0 bridgehead atoms. The number of rotatable bonds is 6. The predicted molar refractivity (Wildman–Crippen MR) is 115 cm³/mol. The van der Waals surface area contributed by atoms with E-state index in [-0.39, 0.29) is 40.5 Å². The lowest BCUT2D eigenvalue weighted by Crippen LogP contribution is -2.46. The number of esters is 1. The van der Waals surface area contributed by atoms with Gasteiger partial charge in [-0.05, 0) is 43.9 Å². The van der Waals surface area contributed by atoms with Gasteiger partial charge in [-0.3, -0.25) is 4.79 Å². The van der Waals surface area contributed by atoms with Crippen LogP contribution in [0.25, 0.3) is 0 Å². The fourth-order valence-corrected chi connectivity index (χ4v) is 5.78. The van der Waals surface area contributed by atoms with Gasteiger partial charge >= 0.3 is 5.97 Å². The van der Waals surface area contributed by atoms with Crippen molar-refractivity contribution in [2.75, 3.05) is 26.3 Å². The smallest absolute Gasteiger partial charge is 0.338 e. The van der Waals surface area contributed by atoms with E-state index in [1.54, 1.807) is 0 Å². The number of sulfonamides is 1. The van der Waals surface area contributed by atoms with E-state index in [4.69, 9.17) is 21.1 Å². The SMILES string of the molecule is C[C@@H]1CCCC[C@@H]1NC(=O)[C@@H](C)OC(=O)c1ccc(Cl)c(S(=O)(=O)N2CCOCC2)c1. The van der Waals surface area contributed by atoms with Gasteiger partial charge in [0, 0.05) is 19.1 Å². The second-order valence-corrected chi connectivity index (χ2v) is 10.4. The van der Waals surface area contributed by atoms with Crippen LogP contribution < -0.4 is 5.32 Å². The van der Waals surface area contributed by atoms with Crippen molar-refractivity contribution in [3.05, 3.63) is 28.8 Å². The second kappa shape index (κ2) is 10.3. The Labute approximate surface area is 188 Å². The Hall–Kier alpha value is -1.68. The molecular weight excluding hydrogens is 444 g/mol. The van der Waals surface area contributed by atoms with Crippen LogP contribution >= 0.6 is 11.6 Å². The zero-order chi connectivity index (χ0) is 22.6. The van der Waals surface area contributed by atoms with Gasteiger partial charge in [0.15, 0.2) is 6.10 Å². The quantitative estimate of drug-likeness (QED) is 0.638. The summed E-state index contributed by atoms with van der Waals surface area (Å²) in [6.45, 7) is 4.62. The third kappa shape index (κ3) is 5.77. The maximum Gasteiger partial charge on any atom is 0.338 e.